The van der Waals surface area contributed by atoms with Gasteiger partial charge in [-0.05, 0) is 30.3 Å². The number of methoxy groups -OCH3 is 2. The Kier molecular flexibility index (Phi) is 6.92. The first kappa shape index (κ1) is 23.7. The van der Waals surface area contributed by atoms with Crippen molar-refractivity contribution >= 4 is 28.8 Å². The molecule has 0 aliphatic rings. The number of nitro benzene ring substituents is 1. The molecule has 2 heterocycles. The van der Waals surface area contributed by atoms with Gasteiger partial charge in [-0.2, -0.15) is 4.52 Å². The van der Waals surface area contributed by atoms with Gasteiger partial charge in [0.15, 0.2) is 23.0 Å². The number of hydrogen-bond donors (Lipinski definition) is 1. The number of nitrogens with zero attached hydrogens (tertiary/aromatic N) is 5. The molecule has 0 atom stereocenters. The number of benzene rings is 2. The molecule has 13 heteroatoms. The third-order valence-electron chi connectivity index (χ3n) is 4.92. The SMILES string of the molecule is COc1ccc(-c2nnc3ccc(OCCNC(=O)c4cc([N+](=O)[O-])ccc4Cl)nn23)cc1OC. The molecule has 1 amide bonds. The lowest BCUT2D eigenvalue weighted by molar-refractivity contribution is -0.384. The molecule has 4 rings (SSSR count). The standard InChI is InChI=1S/C22H19ClN6O6/c1-33-17-6-3-13(11-18(17)34-2)21-26-25-19-7-8-20(27-28(19)21)35-10-9-24-22(30)15-12-14(29(31)32)4-5-16(15)23/h3-8,11-12H,9-10H2,1-2H3,(H,24,30). The largest absolute Gasteiger partial charge is 0.493 e. The van der Waals surface area contributed by atoms with Gasteiger partial charge in [-0.1, -0.05) is 11.6 Å². The number of ether oxygens (including phenoxy) is 3. The molecule has 2 aromatic carbocycles. The summed E-state index contributed by atoms with van der Waals surface area (Å²) >= 11 is 6.00. The van der Waals surface area contributed by atoms with Crippen LogP contribution in [0.4, 0.5) is 5.69 Å². The van der Waals surface area contributed by atoms with Gasteiger partial charge in [0.2, 0.25) is 5.88 Å². The second kappa shape index (κ2) is 10.2. The first-order valence-corrected chi connectivity index (χ1v) is 10.6. The zero-order chi connectivity index (χ0) is 24.9. The normalized spacial score (nSPS) is 10.7. The Bertz CT molecular complexity index is 1410. The summed E-state index contributed by atoms with van der Waals surface area (Å²) in [5.41, 5.74) is 0.994. The molecule has 0 radical (unpaired) electrons. The van der Waals surface area contributed by atoms with Gasteiger partial charge in [0.25, 0.3) is 11.6 Å². The second-order valence-corrected chi connectivity index (χ2v) is 7.47. The van der Waals surface area contributed by atoms with Crippen LogP contribution in [0, 0.1) is 10.1 Å². The van der Waals surface area contributed by atoms with Crippen molar-refractivity contribution in [2.45, 2.75) is 0 Å². The number of carbonyl (C=O) groups excluding carboxylic acids is 1. The van der Waals surface area contributed by atoms with Crippen molar-refractivity contribution in [2.24, 2.45) is 0 Å². The van der Waals surface area contributed by atoms with Crippen LogP contribution in [0.2, 0.25) is 5.02 Å². The van der Waals surface area contributed by atoms with Crippen LogP contribution >= 0.6 is 11.6 Å². The lowest BCUT2D eigenvalue weighted by Crippen LogP contribution is -2.28. The number of carbonyl (C=O) groups is 1. The number of nitrogens with one attached hydrogen (secondary N) is 1. The topological polar surface area (TPSA) is 143 Å². The number of amides is 1. The van der Waals surface area contributed by atoms with E-state index in [1.54, 1.807) is 38.5 Å². The van der Waals surface area contributed by atoms with E-state index >= 15 is 0 Å². The molecule has 35 heavy (non-hydrogen) atoms. The zero-order valence-corrected chi connectivity index (χ0v) is 19.4. The molecule has 0 unspecified atom stereocenters. The van der Waals surface area contributed by atoms with Crippen LogP contribution in [0.15, 0.2) is 48.5 Å². The average molecular weight is 499 g/mol. The molecule has 4 aromatic rings. The van der Waals surface area contributed by atoms with Crippen LogP contribution < -0.4 is 19.5 Å². The van der Waals surface area contributed by atoms with Gasteiger partial charge in [-0.25, -0.2) is 0 Å². The van der Waals surface area contributed by atoms with Crippen molar-refractivity contribution in [1.29, 1.82) is 0 Å². The van der Waals surface area contributed by atoms with Crippen molar-refractivity contribution in [2.75, 3.05) is 27.4 Å². The Hall–Kier alpha value is -4.45. The molecule has 0 spiro atoms. The van der Waals surface area contributed by atoms with E-state index < -0.39 is 10.8 Å². The molecule has 0 fully saturated rings. The summed E-state index contributed by atoms with van der Waals surface area (Å²) < 4.78 is 17.8. The monoisotopic (exact) mass is 498 g/mol. The van der Waals surface area contributed by atoms with Crippen molar-refractivity contribution in [1.82, 2.24) is 25.1 Å². The average Bonchev–Trinajstić information content (AvgIpc) is 3.29. The lowest BCUT2D eigenvalue weighted by Gasteiger charge is -2.09. The van der Waals surface area contributed by atoms with Gasteiger partial charge in [-0.15, -0.1) is 15.3 Å². The predicted molar refractivity (Wildman–Crippen MR) is 125 cm³/mol. The lowest BCUT2D eigenvalue weighted by atomic mass is 10.2. The molecule has 0 bridgehead atoms. The minimum atomic E-state index is -0.598. The van der Waals surface area contributed by atoms with Crippen LogP contribution in [0.25, 0.3) is 17.0 Å². The van der Waals surface area contributed by atoms with Crippen molar-refractivity contribution in [3.8, 4) is 28.8 Å². The maximum absolute atomic E-state index is 12.4. The molecular weight excluding hydrogens is 480 g/mol. The summed E-state index contributed by atoms with van der Waals surface area (Å²) in [6, 6.07) is 12.3. The van der Waals surface area contributed by atoms with Crippen LogP contribution in [0.1, 0.15) is 10.4 Å². The summed E-state index contributed by atoms with van der Waals surface area (Å²) in [6.45, 7) is 0.201. The predicted octanol–water partition coefficient (Wildman–Crippen LogP) is 3.18. The number of hydrogen-bond acceptors (Lipinski definition) is 9. The number of fused-ring (bicyclic) bond motifs is 1. The van der Waals surface area contributed by atoms with Crippen LogP contribution in [-0.4, -0.2) is 58.0 Å². The van der Waals surface area contributed by atoms with Crippen molar-refractivity contribution < 1.29 is 23.9 Å². The zero-order valence-electron chi connectivity index (χ0n) is 18.6. The first-order valence-electron chi connectivity index (χ1n) is 10.2. The van der Waals surface area contributed by atoms with Crippen LogP contribution in [0.3, 0.4) is 0 Å². The summed E-state index contributed by atoms with van der Waals surface area (Å²) in [4.78, 5) is 22.7. The molecule has 0 aliphatic heterocycles. The summed E-state index contributed by atoms with van der Waals surface area (Å²) in [5.74, 6) is 1.31. The number of halogens is 1. The Balaban J connectivity index is 1.43. The van der Waals surface area contributed by atoms with E-state index in [0.29, 0.717) is 28.5 Å². The van der Waals surface area contributed by atoms with E-state index in [9.17, 15) is 14.9 Å². The fourth-order valence-electron chi connectivity index (χ4n) is 3.22. The maximum atomic E-state index is 12.4. The summed E-state index contributed by atoms with van der Waals surface area (Å²) in [5, 5.41) is 26.4. The summed E-state index contributed by atoms with van der Waals surface area (Å²) in [6.07, 6.45) is 0. The smallest absolute Gasteiger partial charge is 0.270 e. The highest BCUT2D eigenvalue weighted by Gasteiger charge is 2.16. The van der Waals surface area contributed by atoms with E-state index in [0.717, 1.165) is 6.07 Å². The second-order valence-electron chi connectivity index (χ2n) is 7.06. The molecule has 2 aromatic heterocycles. The van der Waals surface area contributed by atoms with Crippen LogP contribution in [-0.2, 0) is 0 Å². The number of nitro groups is 1. The molecule has 12 nitrogen and oxygen atoms in total. The third-order valence-corrected chi connectivity index (χ3v) is 5.25. The number of non-ortho nitro benzene ring substituents is 1. The molecule has 180 valence electrons. The molecule has 0 saturated carbocycles. The molecule has 0 aliphatic carbocycles. The van der Waals surface area contributed by atoms with Gasteiger partial charge in [0.05, 0.1) is 36.3 Å². The molecule has 1 N–H and O–H groups in total. The Morgan fingerprint density at radius 2 is 1.89 bits per heavy atom. The number of aromatic nitrogens is 4. The Labute approximate surface area is 203 Å². The van der Waals surface area contributed by atoms with Crippen molar-refractivity contribution in [3.63, 3.8) is 0 Å². The van der Waals surface area contributed by atoms with E-state index in [-0.39, 0.29) is 35.3 Å². The first-order chi connectivity index (χ1) is 16.9. The fourth-order valence-corrected chi connectivity index (χ4v) is 3.42. The molecule has 0 saturated heterocycles. The minimum Gasteiger partial charge on any atom is -0.493 e. The summed E-state index contributed by atoms with van der Waals surface area (Å²) in [7, 11) is 3.09. The van der Waals surface area contributed by atoms with E-state index in [2.05, 4.69) is 20.6 Å². The molecular formula is C22H19ClN6O6. The Morgan fingerprint density at radius 1 is 1.09 bits per heavy atom. The van der Waals surface area contributed by atoms with E-state index in [4.69, 9.17) is 25.8 Å². The third kappa shape index (κ3) is 5.06. The van der Waals surface area contributed by atoms with Gasteiger partial charge in [-0.3, -0.25) is 14.9 Å². The highest BCUT2D eigenvalue weighted by atomic mass is 35.5. The minimum absolute atomic E-state index is 0.00413. The van der Waals surface area contributed by atoms with Gasteiger partial charge in [0, 0.05) is 23.8 Å². The fraction of sp³-hybridized carbons (Fsp3) is 0.182. The van der Waals surface area contributed by atoms with E-state index in [1.807, 2.05) is 6.07 Å². The van der Waals surface area contributed by atoms with Gasteiger partial charge < -0.3 is 19.5 Å². The Morgan fingerprint density at radius 3 is 2.63 bits per heavy atom. The maximum Gasteiger partial charge on any atom is 0.270 e. The van der Waals surface area contributed by atoms with Gasteiger partial charge >= 0.3 is 0 Å². The quantitative estimate of drug-likeness (QED) is 0.209. The van der Waals surface area contributed by atoms with E-state index in [1.165, 1.54) is 16.6 Å². The van der Waals surface area contributed by atoms with Crippen LogP contribution in [0.5, 0.6) is 17.4 Å². The highest BCUT2D eigenvalue weighted by Crippen LogP contribution is 2.31. The van der Waals surface area contributed by atoms with Crippen molar-refractivity contribution in [3.05, 3.63) is 69.2 Å². The highest BCUT2D eigenvalue weighted by molar-refractivity contribution is 6.33. The van der Waals surface area contributed by atoms with Gasteiger partial charge in [0.1, 0.15) is 6.61 Å². The number of rotatable bonds is 9.